The zero-order chi connectivity index (χ0) is 24.3. The van der Waals surface area contributed by atoms with Gasteiger partial charge >= 0.3 is 0 Å². The highest BCUT2D eigenvalue weighted by molar-refractivity contribution is 5.87. The minimum atomic E-state index is -3.45. The number of amides is 1. The first-order valence-corrected chi connectivity index (χ1v) is 4.82. The van der Waals surface area contributed by atoms with Crippen molar-refractivity contribution >= 4 is 16.7 Å². The summed E-state index contributed by atoms with van der Waals surface area (Å²) in [5.41, 5.74) is -0.962. The smallest absolute Gasteiger partial charge is 0.216 e. The molecule has 94 valence electrons. The molecule has 0 bridgehead atoms. The van der Waals surface area contributed by atoms with Gasteiger partial charge in [-0.1, -0.05) is 24.2 Å². The van der Waals surface area contributed by atoms with Crippen LogP contribution in [0.2, 0.25) is 0 Å². The van der Waals surface area contributed by atoms with Crippen LogP contribution in [-0.4, -0.2) is 19.5 Å². The van der Waals surface area contributed by atoms with Crippen molar-refractivity contribution in [1.29, 1.82) is 0 Å². The predicted molar refractivity (Wildman–Crippen MR) is 72.9 cm³/mol. The molecule has 0 unspecified atom stereocenters. The molecule has 0 saturated heterocycles. The van der Waals surface area contributed by atoms with Crippen LogP contribution in [0.5, 0.6) is 5.75 Å². The SMILES string of the molecule is [2H]c1c([2H])c(C([2H])([2H])C([2H])([2H])NC(=O)C([2H])([2H])[2H])c2c([2H])c(OC)c([2H])c([2H])c2c1[2H]. The summed E-state index contributed by atoms with van der Waals surface area (Å²) in [5.74, 6) is -2.31. The van der Waals surface area contributed by atoms with Crippen LogP contribution in [0.15, 0.2) is 36.3 Å². The number of carbonyl (C=O) groups excluding carboxylic acids is 1. The lowest BCUT2D eigenvalue weighted by Gasteiger charge is -2.08. The van der Waals surface area contributed by atoms with E-state index in [0.717, 1.165) is 7.11 Å². The number of hydrogen-bond acceptors (Lipinski definition) is 2. The minimum Gasteiger partial charge on any atom is -0.497 e. The maximum atomic E-state index is 11.8. The molecule has 18 heavy (non-hydrogen) atoms. The van der Waals surface area contributed by atoms with Gasteiger partial charge in [-0.15, -0.1) is 0 Å². The summed E-state index contributed by atoms with van der Waals surface area (Å²) in [6.45, 7) is -6.75. The van der Waals surface area contributed by atoms with E-state index in [1.807, 2.05) is 0 Å². The Labute approximate surface area is 125 Å². The maximum absolute atomic E-state index is 11.8. The summed E-state index contributed by atoms with van der Waals surface area (Å²) in [5, 5.41) is 0.252. The number of nitrogens with one attached hydrogen (secondary N) is 1. The van der Waals surface area contributed by atoms with Crippen LogP contribution in [0.3, 0.4) is 0 Å². The lowest BCUT2D eigenvalue weighted by molar-refractivity contribution is -0.118. The van der Waals surface area contributed by atoms with Gasteiger partial charge < -0.3 is 10.1 Å². The molecule has 3 nitrogen and oxygen atoms in total. The van der Waals surface area contributed by atoms with Crippen molar-refractivity contribution < 1.29 is 27.4 Å². The zero-order valence-electron chi connectivity index (χ0n) is 22.3. The molecule has 3 heteroatoms. The fraction of sp³-hybridized carbons (Fsp3) is 0.267. The van der Waals surface area contributed by atoms with Crippen LogP contribution in [0.1, 0.15) is 30.2 Å². The molecular weight excluding hydrogens is 226 g/mol. The molecule has 2 rings (SSSR count). The molecule has 0 aliphatic rings. The van der Waals surface area contributed by atoms with Crippen molar-refractivity contribution in [1.82, 2.24) is 5.32 Å². The molecule has 2 aromatic carbocycles. The standard InChI is InChI=1S/C15H17NO2/c1-11(17)16-9-8-13-5-3-4-12-6-7-14(18-2)10-15(12)13/h3-7,10H,8-9H2,1-2H3,(H,16,17)/i1D3,3D,4D,5D,6D,7D,8D2,9D2,10D. The third-order valence-corrected chi connectivity index (χ3v) is 1.98. The summed E-state index contributed by atoms with van der Waals surface area (Å²) >= 11 is 0. The maximum Gasteiger partial charge on any atom is 0.216 e. The van der Waals surface area contributed by atoms with E-state index < -0.39 is 84.0 Å². The van der Waals surface area contributed by atoms with E-state index in [4.69, 9.17) is 22.6 Å². The number of rotatable bonds is 4. The van der Waals surface area contributed by atoms with Gasteiger partial charge in [0.05, 0.1) is 15.3 Å². The molecule has 0 heterocycles. The van der Waals surface area contributed by atoms with E-state index >= 15 is 0 Å². The minimum absolute atomic E-state index is 0.502. The second-order valence-corrected chi connectivity index (χ2v) is 3.11. The summed E-state index contributed by atoms with van der Waals surface area (Å²) in [7, 11) is 1.07. The number of benzene rings is 2. The van der Waals surface area contributed by atoms with Crippen molar-refractivity contribution in [2.24, 2.45) is 0 Å². The molecule has 0 aliphatic carbocycles. The molecule has 1 N–H and O–H groups in total. The second-order valence-electron chi connectivity index (χ2n) is 3.11. The van der Waals surface area contributed by atoms with Gasteiger partial charge in [-0.05, 0) is 34.8 Å². The van der Waals surface area contributed by atoms with Crippen molar-refractivity contribution in [3.63, 3.8) is 0 Å². The quantitative estimate of drug-likeness (QED) is 0.913. The van der Waals surface area contributed by atoms with E-state index in [-0.39, 0.29) is 0 Å². The Morgan fingerprint density at radius 1 is 1.50 bits per heavy atom. The van der Waals surface area contributed by atoms with E-state index in [9.17, 15) is 4.79 Å². The normalized spacial score (nSPS) is 23.1. The van der Waals surface area contributed by atoms with Crippen LogP contribution in [0.4, 0.5) is 0 Å². The summed E-state index contributed by atoms with van der Waals surface area (Å²) in [6, 6.07) is -4.70. The van der Waals surface area contributed by atoms with E-state index in [1.54, 1.807) is 0 Å². The van der Waals surface area contributed by atoms with Crippen LogP contribution in [-0.2, 0) is 11.2 Å². The number of fused-ring (bicyclic) bond motifs is 1. The van der Waals surface area contributed by atoms with Crippen LogP contribution >= 0.6 is 0 Å². The lowest BCUT2D eigenvalue weighted by atomic mass is 10.0. The molecule has 0 radical (unpaired) electrons. The van der Waals surface area contributed by atoms with E-state index in [2.05, 4.69) is 0 Å². The third kappa shape index (κ3) is 2.80. The summed E-state index contributed by atoms with van der Waals surface area (Å²) < 4.78 is 107. The topological polar surface area (TPSA) is 38.3 Å². The van der Waals surface area contributed by atoms with Gasteiger partial charge in [0.15, 0.2) is 0 Å². The fourth-order valence-corrected chi connectivity index (χ4v) is 1.24. The highest BCUT2D eigenvalue weighted by Gasteiger charge is 2.03. The Hall–Kier alpha value is -2.03. The van der Waals surface area contributed by atoms with Gasteiger partial charge in [-0.3, -0.25) is 4.79 Å². The van der Waals surface area contributed by atoms with Gasteiger partial charge in [-0.25, -0.2) is 0 Å². The first kappa shape index (κ1) is 3.98. The number of aryl methyl sites for hydroxylation is 1. The van der Waals surface area contributed by atoms with Crippen molar-refractivity contribution in [2.75, 3.05) is 13.6 Å². The predicted octanol–water partition coefficient (Wildman–Crippen LogP) is 2.53. The second kappa shape index (κ2) is 5.54. The van der Waals surface area contributed by atoms with Crippen LogP contribution in [0.25, 0.3) is 10.8 Å². The Morgan fingerprint density at radius 3 is 3.17 bits per heavy atom. The summed E-state index contributed by atoms with van der Waals surface area (Å²) in [6.07, 6.45) is -3.40. The molecule has 0 fully saturated rings. The molecule has 0 atom stereocenters. The average Bonchev–Trinajstić information content (AvgIpc) is 2.63. The molecule has 2 aromatic rings. The molecule has 0 aromatic heterocycles. The molecule has 0 spiro atoms. The van der Waals surface area contributed by atoms with E-state index in [0.29, 0.717) is 0 Å². The number of ether oxygens (including phenoxy) is 1. The Balaban J connectivity index is 3.01. The van der Waals surface area contributed by atoms with Crippen molar-refractivity contribution in [3.8, 4) is 5.75 Å². The van der Waals surface area contributed by atoms with Gasteiger partial charge in [0, 0.05) is 22.9 Å². The number of carbonyl (C=O) groups is 1. The molecule has 1 amide bonds. The van der Waals surface area contributed by atoms with Crippen LogP contribution in [0, 0.1) is 0 Å². The monoisotopic (exact) mass is 256 g/mol. The first-order valence-electron chi connectivity index (χ1n) is 11.3. The Bertz CT molecular complexity index is 1080. The molecule has 0 aliphatic heterocycles. The average molecular weight is 256 g/mol. The Morgan fingerprint density at radius 2 is 2.39 bits per heavy atom. The van der Waals surface area contributed by atoms with E-state index in [1.165, 1.54) is 5.32 Å². The fourth-order valence-electron chi connectivity index (χ4n) is 1.24. The zero-order valence-corrected chi connectivity index (χ0v) is 9.32. The van der Waals surface area contributed by atoms with Crippen molar-refractivity contribution in [3.05, 3.63) is 41.8 Å². The Kier molecular flexibility index (Phi) is 1.23. The number of hydrogen-bond donors (Lipinski definition) is 1. The number of methoxy groups -OCH3 is 1. The third-order valence-electron chi connectivity index (χ3n) is 1.98. The van der Waals surface area contributed by atoms with Gasteiger partial charge in [0.2, 0.25) is 5.91 Å². The lowest BCUT2D eigenvalue weighted by Crippen LogP contribution is -2.22. The largest absolute Gasteiger partial charge is 0.497 e. The van der Waals surface area contributed by atoms with Crippen molar-refractivity contribution in [2.45, 2.75) is 13.2 Å². The van der Waals surface area contributed by atoms with Gasteiger partial charge in [0.1, 0.15) is 5.75 Å². The summed E-state index contributed by atoms with van der Waals surface area (Å²) in [4.78, 5) is 11.8. The van der Waals surface area contributed by atoms with Gasteiger partial charge in [-0.2, -0.15) is 0 Å². The van der Waals surface area contributed by atoms with Crippen LogP contribution < -0.4 is 10.1 Å². The molecular formula is C15H17NO2. The first-order chi connectivity index (χ1) is 13.9. The highest BCUT2D eigenvalue weighted by atomic mass is 16.5. The highest BCUT2D eigenvalue weighted by Crippen LogP contribution is 2.24. The van der Waals surface area contributed by atoms with Gasteiger partial charge in [0.25, 0.3) is 0 Å². The molecule has 0 saturated carbocycles.